The van der Waals surface area contributed by atoms with Crippen LogP contribution in [0.5, 0.6) is 0 Å². The van der Waals surface area contributed by atoms with Crippen LogP contribution in [0.15, 0.2) is 17.4 Å². The topological polar surface area (TPSA) is 25.8 Å². The SMILES string of the molecule is C[CH2][Sn][c]1ccnc(SC)n1. The quantitative estimate of drug-likeness (QED) is 0.466. The Labute approximate surface area is 81.4 Å². The molecule has 0 N–H and O–H groups in total. The van der Waals surface area contributed by atoms with Gasteiger partial charge in [-0.2, -0.15) is 0 Å². The van der Waals surface area contributed by atoms with Crippen molar-refractivity contribution in [3.8, 4) is 0 Å². The molecular weight excluding hydrogens is 263 g/mol. The Balaban J connectivity index is 2.74. The second-order valence-electron chi connectivity index (χ2n) is 1.96. The predicted molar refractivity (Wildman–Crippen MR) is 49.7 cm³/mol. The van der Waals surface area contributed by atoms with E-state index in [1.54, 1.807) is 11.8 Å². The Kier molecular flexibility index (Phi) is 4.22. The molecule has 0 atom stereocenters. The van der Waals surface area contributed by atoms with Gasteiger partial charge in [-0.15, -0.1) is 0 Å². The van der Waals surface area contributed by atoms with E-state index in [1.807, 2.05) is 12.5 Å². The monoisotopic (exact) mass is 274 g/mol. The van der Waals surface area contributed by atoms with Gasteiger partial charge < -0.3 is 0 Å². The molecule has 0 aliphatic rings. The summed E-state index contributed by atoms with van der Waals surface area (Å²) in [6.45, 7) is 2.23. The Morgan fingerprint density at radius 3 is 3.09 bits per heavy atom. The fraction of sp³-hybridized carbons (Fsp3) is 0.429. The fourth-order valence-corrected chi connectivity index (χ4v) is 3.42. The van der Waals surface area contributed by atoms with E-state index in [9.17, 15) is 0 Å². The van der Waals surface area contributed by atoms with E-state index in [4.69, 9.17) is 0 Å². The summed E-state index contributed by atoms with van der Waals surface area (Å²) in [6.07, 6.45) is 3.88. The van der Waals surface area contributed by atoms with E-state index in [0.29, 0.717) is 0 Å². The Morgan fingerprint density at radius 2 is 2.45 bits per heavy atom. The molecule has 0 saturated heterocycles. The molecule has 58 valence electrons. The number of nitrogens with zero attached hydrogens (tertiary/aromatic N) is 2. The summed E-state index contributed by atoms with van der Waals surface area (Å²) < 4.78 is 2.63. The third kappa shape index (κ3) is 2.99. The number of rotatable bonds is 3. The summed E-state index contributed by atoms with van der Waals surface area (Å²) in [6, 6.07) is 2.05. The van der Waals surface area contributed by atoms with E-state index >= 15 is 0 Å². The van der Waals surface area contributed by atoms with Crippen LogP contribution >= 0.6 is 11.8 Å². The zero-order valence-corrected chi connectivity index (χ0v) is 10.3. The first-order chi connectivity index (χ1) is 5.36. The molecule has 0 aliphatic heterocycles. The van der Waals surface area contributed by atoms with Crippen LogP contribution < -0.4 is 3.71 Å². The normalized spacial score (nSPS) is 10.0. The van der Waals surface area contributed by atoms with Crippen molar-refractivity contribution in [2.24, 2.45) is 0 Å². The van der Waals surface area contributed by atoms with Gasteiger partial charge in [0, 0.05) is 0 Å². The predicted octanol–water partition coefficient (Wildman–Crippen LogP) is 0.966. The second kappa shape index (κ2) is 4.98. The molecule has 0 unspecified atom stereocenters. The van der Waals surface area contributed by atoms with Crippen molar-refractivity contribution in [1.82, 2.24) is 9.97 Å². The second-order valence-corrected chi connectivity index (χ2v) is 7.22. The standard InChI is InChI=1S/C5H5N2S.C2H5.Sn/c1-8-5-6-3-2-4-7-5;1-2;/h2-3H,1H3;1H2,2H3;. The van der Waals surface area contributed by atoms with Crippen LogP contribution in [0.2, 0.25) is 4.44 Å². The van der Waals surface area contributed by atoms with Crippen molar-refractivity contribution in [2.75, 3.05) is 6.26 Å². The van der Waals surface area contributed by atoms with E-state index in [0.717, 1.165) is 5.16 Å². The molecule has 1 aromatic heterocycles. The first-order valence-corrected chi connectivity index (χ1v) is 8.14. The molecule has 0 bridgehead atoms. The van der Waals surface area contributed by atoms with Gasteiger partial charge in [-0.3, -0.25) is 0 Å². The van der Waals surface area contributed by atoms with Gasteiger partial charge in [0.1, 0.15) is 0 Å². The van der Waals surface area contributed by atoms with E-state index in [2.05, 4.69) is 23.0 Å². The molecule has 2 radical (unpaired) electrons. The summed E-state index contributed by atoms with van der Waals surface area (Å²) in [4.78, 5) is 8.53. The first kappa shape index (κ1) is 9.32. The molecule has 11 heavy (non-hydrogen) atoms. The molecule has 0 saturated carbocycles. The molecule has 1 rings (SSSR count). The molecule has 0 fully saturated rings. The van der Waals surface area contributed by atoms with Gasteiger partial charge in [-0.05, 0) is 0 Å². The molecule has 0 aliphatic carbocycles. The zero-order chi connectivity index (χ0) is 8.10. The van der Waals surface area contributed by atoms with Crippen LogP contribution in [0.4, 0.5) is 0 Å². The average Bonchev–Trinajstić information content (AvgIpc) is 2.06. The average molecular weight is 273 g/mol. The Bertz CT molecular complexity index is 229. The Hall–Kier alpha value is 0.229. The molecule has 2 nitrogen and oxygen atoms in total. The van der Waals surface area contributed by atoms with Gasteiger partial charge in [-0.1, -0.05) is 0 Å². The molecule has 1 aromatic rings. The van der Waals surface area contributed by atoms with Gasteiger partial charge in [0.2, 0.25) is 0 Å². The van der Waals surface area contributed by atoms with Crippen LogP contribution in [-0.2, 0) is 0 Å². The maximum absolute atomic E-state index is 4.41. The van der Waals surface area contributed by atoms with Crippen LogP contribution in [-0.4, -0.2) is 37.4 Å². The van der Waals surface area contributed by atoms with Crippen molar-refractivity contribution in [1.29, 1.82) is 0 Å². The van der Waals surface area contributed by atoms with E-state index in [-0.39, 0.29) is 21.1 Å². The summed E-state index contributed by atoms with van der Waals surface area (Å²) in [5, 5.41) is 0.914. The first-order valence-electron chi connectivity index (χ1n) is 3.47. The van der Waals surface area contributed by atoms with Gasteiger partial charge in [-0.25, -0.2) is 0 Å². The molecular formula is C7H10N2SSn. The van der Waals surface area contributed by atoms with Crippen molar-refractivity contribution in [3.63, 3.8) is 0 Å². The van der Waals surface area contributed by atoms with Gasteiger partial charge >= 0.3 is 81.6 Å². The molecule has 0 aromatic carbocycles. The zero-order valence-electron chi connectivity index (χ0n) is 6.66. The summed E-state index contributed by atoms with van der Waals surface area (Å²) in [5.41, 5.74) is 0. The van der Waals surface area contributed by atoms with E-state index in [1.165, 1.54) is 8.15 Å². The number of thioether (sulfide) groups is 1. The van der Waals surface area contributed by atoms with Gasteiger partial charge in [0.05, 0.1) is 0 Å². The number of hydrogen-bond donors (Lipinski definition) is 0. The Morgan fingerprint density at radius 1 is 1.64 bits per heavy atom. The minimum absolute atomic E-state index is 0.353. The number of aromatic nitrogens is 2. The summed E-state index contributed by atoms with van der Waals surface area (Å²) in [5.74, 6) is 0. The molecule has 1 heterocycles. The van der Waals surface area contributed by atoms with Gasteiger partial charge in [0.25, 0.3) is 0 Å². The van der Waals surface area contributed by atoms with Crippen LogP contribution in [0.3, 0.4) is 0 Å². The van der Waals surface area contributed by atoms with Crippen LogP contribution in [0, 0.1) is 0 Å². The third-order valence-corrected chi connectivity index (χ3v) is 4.57. The number of hydrogen-bond acceptors (Lipinski definition) is 3. The third-order valence-electron chi connectivity index (χ3n) is 1.17. The van der Waals surface area contributed by atoms with Crippen LogP contribution in [0.25, 0.3) is 0 Å². The van der Waals surface area contributed by atoms with Crippen molar-refractivity contribution in [3.05, 3.63) is 12.3 Å². The summed E-state index contributed by atoms with van der Waals surface area (Å²) in [7, 11) is 0. The van der Waals surface area contributed by atoms with E-state index < -0.39 is 0 Å². The summed E-state index contributed by atoms with van der Waals surface area (Å²) >= 11 is 1.26. The van der Waals surface area contributed by atoms with Crippen molar-refractivity contribution in [2.45, 2.75) is 16.5 Å². The van der Waals surface area contributed by atoms with Crippen molar-refractivity contribution < 1.29 is 0 Å². The maximum atomic E-state index is 4.41. The van der Waals surface area contributed by atoms with Crippen LogP contribution in [0.1, 0.15) is 6.92 Å². The van der Waals surface area contributed by atoms with Crippen molar-refractivity contribution >= 4 is 36.6 Å². The molecule has 0 amide bonds. The molecule has 4 heteroatoms. The fourth-order valence-electron chi connectivity index (χ4n) is 0.719. The van der Waals surface area contributed by atoms with Gasteiger partial charge in [0.15, 0.2) is 0 Å². The minimum atomic E-state index is -0.353. The molecule has 0 spiro atoms.